The van der Waals surface area contributed by atoms with Crippen LogP contribution in [0.25, 0.3) is 0 Å². The summed E-state index contributed by atoms with van der Waals surface area (Å²) in [7, 11) is 1.61. The van der Waals surface area contributed by atoms with E-state index in [1.165, 1.54) is 17.0 Å². The molecule has 1 spiro atoms. The first-order valence-corrected chi connectivity index (χ1v) is 12.7. The van der Waals surface area contributed by atoms with Gasteiger partial charge in [0, 0.05) is 30.6 Å². The molecule has 6 rings (SSSR count). The summed E-state index contributed by atoms with van der Waals surface area (Å²) in [4.78, 5) is 27.5. The fraction of sp³-hybridized carbons (Fsp3) is 0.345. The molecule has 9 nitrogen and oxygen atoms in total. The normalized spacial score (nSPS) is 20.4. The van der Waals surface area contributed by atoms with Crippen LogP contribution in [-0.2, 0) is 16.0 Å². The lowest BCUT2D eigenvalue weighted by atomic mass is 9.58. The lowest BCUT2D eigenvalue weighted by Gasteiger charge is -2.55. The highest BCUT2D eigenvalue weighted by atomic mass is 19.1. The van der Waals surface area contributed by atoms with Crippen LogP contribution in [0.2, 0.25) is 0 Å². The van der Waals surface area contributed by atoms with Crippen molar-refractivity contribution in [3.05, 3.63) is 77.4 Å². The Morgan fingerprint density at radius 2 is 1.97 bits per heavy atom. The van der Waals surface area contributed by atoms with Gasteiger partial charge in [-0.25, -0.2) is 9.18 Å². The third-order valence-corrected chi connectivity index (χ3v) is 7.41. The number of aromatic nitrogens is 2. The molecule has 0 unspecified atom stereocenters. The maximum atomic E-state index is 13.2. The predicted molar refractivity (Wildman–Crippen MR) is 139 cm³/mol. The summed E-state index contributed by atoms with van der Waals surface area (Å²) in [6.45, 7) is 1.30. The molecule has 0 radical (unpaired) electrons. The molecule has 3 aromatic rings. The molecule has 2 aromatic carbocycles. The number of halogens is 1. The number of anilines is 1. The van der Waals surface area contributed by atoms with Crippen LogP contribution >= 0.6 is 0 Å². The number of amides is 2. The zero-order valence-corrected chi connectivity index (χ0v) is 21.3. The van der Waals surface area contributed by atoms with Crippen molar-refractivity contribution in [3.8, 4) is 17.6 Å². The number of benzene rings is 2. The van der Waals surface area contributed by atoms with Crippen molar-refractivity contribution in [3.63, 3.8) is 0 Å². The molecule has 1 atom stereocenters. The van der Waals surface area contributed by atoms with Gasteiger partial charge in [-0.15, -0.1) is 0 Å². The number of hydrogen-bond donors (Lipinski definition) is 2. The molecule has 0 bridgehead atoms. The van der Waals surface area contributed by atoms with Crippen LogP contribution in [0.3, 0.4) is 0 Å². The topological polar surface area (TPSA) is 106 Å². The molecule has 39 heavy (non-hydrogen) atoms. The lowest BCUT2D eigenvalue weighted by Crippen LogP contribution is -2.60. The van der Waals surface area contributed by atoms with E-state index in [-0.39, 0.29) is 23.7 Å². The van der Waals surface area contributed by atoms with E-state index >= 15 is 0 Å². The Labute approximate surface area is 224 Å². The number of nitrogens with one attached hydrogen (secondary N) is 1. The number of hydrogen-bond acceptors (Lipinski definition) is 6. The van der Waals surface area contributed by atoms with Crippen LogP contribution in [0.1, 0.15) is 29.5 Å². The van der Waals surface area contributed by atoms with Gasteiger partial charge >= 0.3 is 6.03 Å². The lowest BCUT2D eigenvalue weighted by molar-refractivity contribution is -0.219. The first-order valence-electron chi connectivity index (χ1n) is 12.7. The highest BCUT2D eigenvalue weighted by Gasteiger charge is 2.57. The van der Waals surface area contributed by atoms with Gasteiger partial charge in [0.05, 0.1) is 25.1 Å². The maximum absolute atomic E-state index is 13.2. The standard InChI is InChI=1S/C29H27FN4O5/c1-33-24-11-20(8-9-29(37)15-28(16-29)17-38-18-28)4-7-25(24)39-14-23(26(33)35)32-27(36)34-13-21(12-31-34)10-19-2-5-22(30)6-3-19/h2-7,11-13,23,37H,10,14-18H2,1H3,(H,32,36)/t23-/m1/s1. The van der Waals surface area contributed by atoms with Gasteiger partial charge in [0.25, 0.3) is 5.91 Å². The summed E-state index contributed by atoms with van der Waals surface area (Å²) in [5.41, 5.74) is 1.87. The van der Waals surface area contributed by atoms with Crippen LogP contribution in [0.4, 0.5) is 14.9 Å². The first kappa shape index (κ1) is 25.1. The van der Waals surface area contributed by atoms with Gasteiger partial charge in [-0.3, -0.25) is 4.79 Å². The van der Waals surface area contributed by atoms with E-state index in [2.05, 4.69) is 22.3 Å². The van der Waals surface area contributed by atoms with E-state index in [0.29, 0.717) is 49.5 Å². The van der Waals surface area contributed by atoms with Crippen molar-refractivity contribution in [1.29, 1.82) is 0 Å². The third kappa shape index (κ3) is 4.99. The Kier molecular flexibility index (Phi) is 6.13. The van der Waals surface area contributed by atoms with Crippen LogP contribution in [-0.4, -0.2) is 65.3 Å². The summed E-state index contributed by atoms with van der Waals surface area (Å²) >= 11 is 0. The number of aliphatic hydroxyl groups is 1. The van der Waals surface area contributed by atoms with Crippen molar-refractivity contribution < 1.29 is 28.6 Å². The molecule has 2 fully saturated rings. The van der Waals surface area contributed by atoms with Gasteiger partial charge in [0.15, 0.2) is 0 Å². The molecule has 3 aliphatic rings. The second kappa shape index (κ2) is 9.52. The Balaban J connectivity index is 1.11. The van der Waals surface area contributed by atoms with Gasteiger partial charge in [0.2, 0.25) is 0 Å². The molecular formula is C29H27FN4O5. The number of carbonyl (C=O) groups is 2. The average Bonchev–Trinajstić information content (AvgIpc) is 3.32. The number of likely N-dealkylation sites (N-methyl/N-ethyl adjacent to an activating group) is 1. The molecular weight excluding hydrogens is 503 g/mol. The summed E-state index contributed by atoms with van der Waals surface area (Å²) in [5.74, 6) is 5.83. The SMILES string of the molecule is CN1C(=O)[C@H](NC(=O)n2cc(Cc3ccc(F)cc3)cn2)COc2ccc(C#CC3(O)CC4(COC4)C3)cc21. The van der Waals surface area contributed by atoms with Crippen molar-refractivity contribution in [2.45, 2.75) is 30.9 Å². The molecule has 2 aliphatic heterocycles. The molecule has 3 heterocycles. The Bertz CT molecular complexity index is 1490. The molecule has 200 valence electrons. The maximum Gasteiger partial charge on any atom is 0.342 e. The Morgan fingerprint density at radius 3 is 2.69 bits per heavy atom. The van der Waals surface area contributed by atoms with Crippen LogP contribution in [0.15, 0.2) is 54.9 Å². The number of fused-ring (bicyclic) bond motifs is 1. The van der Waals surface area contributed by atoms with E-state index in [9.17, 15) is 19.1 Å². The first-order chi connectivity index (χ1) is 18.7. The second-order valence-electron chi connectivity index (χ2n) is 10.6. The summed E-state index contributed by atoms with van der Waals surface area (Å²) in [6, 6.07) is 9.85. The van der Waals surface area contributed by atoms with Crippen molar-refractivity contribution in [2.24, 2.45) is 5.41 Å². The Morgan fingerprint density at radius 1 is 1.21 bits per heavy atom. The monoisotopic (exact) mass is 530 g/mol. The van der Waals surface area contributed by atoms with Crippen LogP contribution < -0.4 is 15.0 Å². The van der Waals surface area contributed by atoms with E-state index < -0.39 is 17.7 Å². The molecule has 1 aromatic heterocycles. The number of carbonyl (C=O) groups excluding carboxylic acids is 2. The average molecular weight is 531 g/mol. The minimum absolute atomic E-state index is 0.0550. The molecule has 2 N–H and O–H groups in total. The molecule has 1 saturated heterocycles. The fourth-order valence-corrected chi connectivity index (χ4v) is 5.36. The minimum Gasteiger partial charge on any atom is -0.489 e. The van der Waals surface area contributed by atoms with Gasteiger partial charge in [0.1, 0.15) is 29.8 Å². The molecule has 1 aliphatic carbocycles. The van der Waals surface area contributed by atoms with Gasteiger partial charge in [-0.2, -0.15) is 9.78 Å². The number of ether oxygens (including phenoxy) is 2. The number of rotatable bonds is 3. The minimum atomic E-state index is -1.02. The quantitative estimate of drug-likeness (QED) is 0.504. The van der Waals surface area contributed by atoms with E-state index in [0.717, 1.165) is 15.8 Å². The smallest absolute Gasteiger partial charge is 0.342 e. The third-order valence-electron chi connectivity index (χ3n) is 7.41. The highest BCUT2D eigenvalue weighted by Crippen LogP contribution is 2.52. The fourth-order valence-electron chi connectivity index (χ4n) is 5.36. The zero-order valence-electron chi connectivity index (χ0n) is 21.3. The van der Waals surface area contributed by atoms with E-state index in [4.69, 9.17) is 9.47 Å². The van der Waals surface area contributed by atoms with E-state index in [1.807, 2.05) is 0 Å². The highest BCUT2D eigenvalue weighted by molar-refractivity contribution is 6.00. The van der Waals surface area contributed by atoms with Crippen LogP contribution in [0.5, 0.6) is 5.75 Å². The van der Waals surface area contributed by atoms with Crippen molar-refractivity contribution >= 4 is 17.6 Å². The second-order valence-corrected chi connectivity index (χ2v) is 10.6. The van der Waals surface area contributed by atoms with Crippen LogP contribution in [0, 0.1) is 23.1 Å². The summed E-state index contributed by atoms with van der Waals surface area (Å²) in [6.07, 6.45) is 4.81. The van der Waals surface area contributed by atoms with Crippen molar-refractivity contribution in [2.75, 3.05) is 31.8 Å². The van der Waals surface area contributed by atoms with Gasteiger partial charge in [-0.1, -0.05) is 24.0 Å². The van der Waals surface area contributed by atoms with Gasteiger partial charge < -0.3 is 24.8 Å². The van der Waals surface area contributed by atoms with E-state index in [1.54, 1.807) is 49.8 Å². The zero-order chi connectivity index (χ0) is 27.2. The van der Waals surface area contributed by atoms with Gasteiger partial charge in [-0.05, 0) is 54.3 Å². The van der Waals surface area contributed by atoms with Crippen molar-refractivity contribution in [1.82, 2.24) is 15.1 Å². The summed E-state index contributed by atoms with van der Waals surface area (Å²) < 4.78 is 25.4. The molecule has 2 amide bonds. The number of nitrogens with zero attached hydrogens (tertiary/aromatic N) is 3. The Hall–Kier alpha value is -4.20. The summed E-state index contributed by atoms with van der Waals surface area (Å²) in [5, 5.41) is 17.5. The molecule has 1 saturated carbocycles. The predicted octanol–water partition coefficient (Wildman–Crippen LogP) is 2.49. The largest absolute Gasteiger partial charge is 0.489 e. The molecule has 10 heteroatoms.